The molecule has 0 radical (unpaired) electrons. The largest absolute Gasteiger partial charge is 0.495 e. The smallest absolute Gasteiger partial charge is 0.143 e. The molecule has 18 heavy (non-hydrogen) atoms. The Morgan fingerprint density at radius 3 is 2.72 bits per heavy atom. The zero-order valence-corrected chi connectivity index (χ0v) is 11.1. The Morgan fingerprint density at radius 2 is 2.00 bits per heavy atom. The lowest BCUT2D eigenvalue weighted by Gasteiger charge is -2.16. The van der Waals surface area contributed by atoms with Crippen LogP contribution >= 0.6 is 23.2 Å². The number of aliphatic hydroxyl groups is 1. The van der Waals surface area contributed by atoms with Crippen LogP contribution in [0.3, 0.4) is 0 Å². The molecular weight excluding hydrogens is 273 g/mol. The van der Waals surface area contributed by atoms with E-state index in [0.29, 0.717) is 26.9 Å². The predicted octanol–water partition coefficient (Wildman–Crippen LogP) is 3.48. The zero-order valence-electron chi connectivity index (χ0n) is 9.60. The summed E-state index contributed by atoms with van der Waals surface area (Å²) in [4.78, 5) is 3.94. The SMILES string of the molecule is COc1cnccc1C(O)c1cccc(Cl)c1Cl. The van der Waals surface area contributed by atoms with E-state index in [9.17, 15) is 5.11 Å². The molecule has 1 N–H and O–H groups in total. The van der Waals surface area contributed by atoms with Gasteiger partial charge in [-0.1, -0.05) is 35.3 Å². The predicted molar refractivity (Wildman–Crippen MR) is 71.3 cm³/mol. The van der Waals surface area contributed by atoms with E-state index in [4.69, 9.17) is 27.9 Å². The molecule has 0 spiro atoms. The molecule has 2 rings (SSSR count). The van der Waals surface area contributed by atoms with Crippen molar-refractivity contribution in [3.8, 4) is 5.75 Å². The highest BCUT2D eigenvalue weighted by Crippen LogP contribution is 2.35. The van der Waals surface area contributed by atoms with Crippen LogP contribution in [0.2, 0.25) is 10.0 Å². The zero-order chi connectivity index (χ0) is 13.1. The van der Waals surface area contributed by atoms with E-state index in [1.165, 1.54) is 13.3 Å². The van der Waals surface area contributed by atoms with Crippen molar-refractivity contribution in [1.29, 1.82) is 0 Å². The Bertz CT molecular complexity index is 560. The summed E-state index contributed by atoms with van der Waals surface area (Å²) in [6.07, 6.45) is 2.21. The number of rotatable bonds is 3. The molecule has 0 aliphatic rings. The standard InChI is InChI=1S/C13H11Cl2NO2/c1-18-11-7-16-6-5-8(11)13(17)9-3-2-4-10(14)12(9)15/h2-7,13,17H,1H3. The van der Waals surface area contributed by atoms with Crippen molar-refractivity contribution in [2.24, 2.45) is 0 Å². The molecule has 1 aromatic carbocycles. The van der Waals surface area contributed by atoms with Crippen LogP contribution in [0, 0.1) is 0 Å². The second-order valence-corrected chi connectivity index (χ2v) is 4.45. The second-order valence-electron chi connectivity index (χ2n) is 3.66. The van der Waals surface area contributed by atoms with E-state index < -0.39 is 6.10 Å². The summed E-state index contributed by atoms with van der Waals surface area (Å²) in [7, 11) is 1.52. The quantitative estimate of drug-likeness (QED) is 0.938. The highest BCUT2D eigenvalue weighted by atomic mass is 35.5. The number of halogens is 2. The number of hydrogen-bond acceptors (Lipinski definition) is 3. The molecule has 1 aromatic heterocycles. The van der Waals surface area contributed by atoms with Gasteiger partial charge in [-0.15, -0.1) is 0 Å². The summed E-state index contributed by atoms with van der Waals surface area (Å²) in [6, 6.07) is 6.81. The van der Waals surface area contributed by atoms with Crippen LogP contribution in [0.15, 0.2) is 36.7 Å². The fraction of sp³-hybridized carbons (Fsp3) is 0.154. The van der Waals surface area contributed by atoms with Gasteiger partial charge in [0, 0.05) is 17.3 Å². The van der Waals surface area contributed by atoms with Gasteiger partial charge in [-0.05, 0) is 12.1 Å². The Morgan fingerprint density at radius 1 is 1.22 bits per heavy atom. The van der Waals surface area contributed by atoms with Crippen LogP contribution in [0.1, 0.15) is 17.2 Å². The van der Waals surface area contributed by atoms with Crippen molar-refractivity contribution >= 4 is 23.2 Å². The first-order valence-electron chi connectivity index (χ1n) is 5.25. The van der Waals surface area contributed by atoms with Gasteiger partial charge in [0.25, 0.3) is 0 Å². The van der Waals surface area contributed by atoms with Gasteiger partial charge in [0.1, 0.15) is 11.9 Å². The van der Waals surface area contributed by atoms with Crippen LogP contribution < -0.4 is 4.74 Å². The Kier molecular flexibility index (Phi) is 4.07. The van der Waals surface area contributed by atoms with E-state index in [-0.39, 0.29) is 0 Å². The summed E-state index contributed by atoms with van der Waals surface area (Å²) in [5, 5.41) is 11.1. The van der Waals surface area contributed by atoms with E-state index in [1.54, 1.807) is 30.5 Å². The summed E-state index contributed by atoms with van der Waals surface area (Å²) in [5.41, 5.74) is 1.13. The topological polar surface area (TPSA) is 42.4 Å². The molecule has 0 amide bonds. The number of ether oxygens (including phenoxy) is 1. The maximum Gasteiger partial charge on any atom is 0.143 e. The molecule has 5 heteroatoms. The maximum absolute atomic E-state index is 10.4. The monoisotopic (exact) mass is 283 g/mol. The first-order valence-corrected chi connectivity index (χ1v) is 6.00. The minimum absolute atomic E-state index is 0.338. The van der Waals surface area contributed by atoms with Gasteiger partial charge in [0.2, 0.25) is 0 Å². The lowest BCUT2D eigenvalue weighted by Crippen LogP contribution is -2.03. The molecule has 1 atom stereocenters. The lowest BCUT2D eigenvalue weighted by molar-refractivity contribution is 0.214. The first-order chi connectivity index (χ1) is 8.65. The summed E-state index contributed by atoms with van der Waals surface area (Å²) < 4.78 is 5.16. The van der Waals surface area contributed by atoms with E-state index in [1.807, 2.05) is 0 Å². The number of aromatic nitrogens is 1. The van der Waals surface area contributed by atoms with Crippen molar-refractivity contribution in [2.45, 2.75) is 6.10 Å². The minimum atomic E-state index is -0.908. The van der Waals surface area contributed by atoms with Crippen LogP contribution in [0.25, 0.3) is 0 Å². The van der Waals surface area contributed by atoms with Gasteiger partial charge < -0.3 is 9.84 Å². The fourth-order valence-corrected chi connectivity index (χ4v) is 2.10. The molecule has 0 aliphatic heterocycles. The molecule has 0 aliphatic carbocycles. The number of methoxy groups -OCH3 is 1. The molecule has 94 valence electrons. The minimum Gasteiger partial charge on any atom is -0.495 e. The number of benzene rings is 1. The van der Waals surface area contributed by atoms with Crippen molar-refractivity contribution in [3.05, 3.63) is 57.8 Å². The molecule has 2 aromatic rings. The second kappa shape index (κ2) is 5.57. The molecule has 0 saturated carbocycles. The molecule has 0 fully saturated rings. The van der Waals surface area contributed by atoms with E-state index >= 15 is 0 Å². The van der Waals surface area contributed by atoms with E-state index in [2.05, 4.69) is 4.98 Å². The average Bonchev–Trinajstić information content (AvgIpc) is 2.41. The number of pyridine rings is 1. The Hall–Kier alpha value is -1.29. The van der Waals surface area contributed by atoms with Crippen LogP contribution in [-0.2, 0) is 0 Å². The molecule has 0 saturated heterocycles. The van der Waals surface area contributed by atoms with Gasteiger partial charge in [-0.3, -0.25) is 4.98 Å². The molecule has 1 heterocycles. The van der Waals surface area contributed by atoms with Crippen LogP contribution in [0.4, 0.5) is 0 Å². The van der Waals surface area contributed by atoms with E-state index in [0.717, 1.165) is 0 Å². The van der Waals surface area contributed by atoms with Gasteiger partial charge in [-0.25, -0.2) is 0 Å². The van der Waals surface area contributed by atoms with Gasteiger partial charge in [0.05, 0.1) is 23.4 Å². The maximum atomic E-state index is 10.4. The van der Waals surface area contributed by atoms with Gasteiger partial charge >= 0.3 is 0 Å². The van der Waals surface area contributed by atoms with Crippen molar-refractivity contribution < 1.29 is 9.84 Å². The van der Waals surface area contributed by atoms with Crippen molar-refractivity contribution in [1.82, 2.24) is 4.98 Å². The van der Waals surface area contributed by atoms with Crippen molar-refractivity contribution in [3.63, 3.8) is 0 Å². The van der Waals surface area contributed by atoms with Gasteiger partial charge in [0.15, 0.2) is 0 Å². The normalized spacial score (nSPS) is 12.2. The summed E-state index contributed by atoms with van der Waals surface area (Å²) in [6.45, 7) is 0. The number of hydrogen-bond donors (Lipinski definition) is 1. The highest BCUT2D eigenvalue weighted by Gasteiger charge is 2.19. The number of aliphatic hydroxyl groups excluding tert-OH is 1. The fourth-order valence-electron chi connectivity index (χ4n) is 1.69. The third-order valence-electron chi connectivity index (χ3n) is 2.61. The lowest BCUT2D eigenvalue weighted by atomic mass is 10.0. The highest BCUT2D eigenvalue weighted by molar-refractivity contribution is 6.42. The molecular formula is C13H11Cl2NO2. The van der Waals surface area contributed by atoms with Crippen LogP contribution in [-0.4, -0.2) is 17.2 Å². The first kappa shape index (κ1) is 13.1. The molecule has 0 bridgehead atoms. The average molecular weight is 284 g/mol. The van der Waals surface area contributed by atoms with Crippen LogP contribution in [0.5, 0.6) is 5.75 Å². The third kappa shape index (κ3) is 2.43. The van der Waals surface area contributed by atoms with Gasteiger partial charge in [-0.2, -0.15) is 0 Å². The Balaban J connectivity index is 2.48. The Labute approximate surface area is 115 Å². The molecule has 1 unspecified atom stereocenters. The van der Waals surface area contributed by atoms with Crippen molar-refractivity contribution in [2.75, 3.05) is 7.11 Å². The summed E-state index contributed by atoms with van der Waals surface area (Å²) >= 11 is 12.0. The third-order valence-corrected chi connectivity index (χ3v) is 3.44. The molecule has 3 nitrogen and oxygen atoms in total. The number of nitrogens with zero attached hydrogens (tertiary/aromatic N) is 1. The summed E-state index contributed by atoms with van der Waals surface area (Å²) in [5.74, 6) is 0.501.